The van der Waals surface area contributed by atoms with Crippen molar-refractivity contribution in [3.05, 3.63) is 77.3 Å². The van der Waals surface area contributed by atoms with Crippen LogP contribution in [0.5, 0.6) is 11.5 Å². The number of hydrogen-bond donors (Lipinski definition) is 2. The molecular weight excluding hydrogens is 424 g/mol. The molecule has 0 aromatic heterocycles. The van der Waals surface area contributed by atoms with Crippen LogP contribution < -0.4 is 20.1 Å². The van der Waals surface area contributed by atoms with Crippen LogP contribution in [0.4, 0.5) is 11.4 Å². The Morgan fingerprint density at radius 3 is 2.47 bits per heavy atom. The summed E-state index contributed by atoms with van der Waals surface area (Å²) in [6, 6.07) is 19.3. The number of amides is 2. The number of nitrogens with one attached hydrogen (secondary N) is 2. The standard InChI is InChI=1S/C22H17ClN2O4S/c23-15-3-1-2-14(10-15)22(27)25-16-4-7-18(8-5-16)30-12-21(26)24-17-6-9-19-20(11-17)29-13-28-19/h1-11H,12-13H2,(H,24,26)(H,25,27). The Balaban J connectivity index is 1.28. The van der Waals surface area contributed by atoms with Gasteiger partial charge in [0.2, 0.25) is 12.7 Å². The summed E-state index contributed by atoms with van der Waals surface area (Å²) in [6.45, 7) is 0.193. The van der Waals surface area contributed by atoms with Crippen LogP contribution >= 0.6 is 23.4 Å². The molecule has 3 aromatic rings. The first-order chi connectivity index (χ1) is 14.6. The summed E-state index contributed by atoms with van der Waals surface area (Å²) >= 11 is 7.32. The molecular formula is C22H17ClN2O4S. The van der Waals surface area contributed by atoms with Crippen LogP contribution in [0.15, 0.2) is 71.6 Å². The molecule has 0 aliphatic carbocycles. The molecule has 8 heteroatoms. The van der Waals surface area contributed by atoms with Crippen molar-refractivity contribution in [3.8, 4) is 11.5 Å². The van der Waals surface area contributed by atoms with E-state index in [1.807, 2.05) is 12.1 Å². The summed E-state index contributed by atoms with van der Waals surface area (Å²) in [5.41, 5.74) is 1.80. The van der Waals surface area contributed by atoms with Crippen LogP contribution in [-0.2, 0) is 4.79 Å². The van der Waals surface area contributed by atoms with E-state index in [1.165, 1.54) is 11.8 Å². The van der Waals surface area contributed by atoms with Crippen LogP contribution in [0.3, 0.4) is 0 Å². The minimum atomic E-state index is -0.235. The zero-order chi connectivity index (χ0) is 20.9. The van der Waals surface area contributed by atoms with E-state index in [4.69, 9.17) is 21.1 Å². The molecule has 0 saturated heterocycles. The van der Waals surface area contributed by atoms with Crippen molar-refractivity contribution >= 4 is 46.6 Å². The molecule has 1 heterocycles. The van der Waals surface area contributed by atoms with E-state index in [2.05, 4.69) is 10.6 Å². The van der Waals surface area contributed by atoms with Gasteiger partial charge < -0.3 is 20.1 Å². The maximum atomic E-state index is 12.3. The van der Waals surface area contributed by atoms with Gasteiger partial charge in [-0.15, -0.1) is 11.8 Å². The fourth-order valence-corrected chi connectivity index (χ4v) is 3.68. The zero-order valence-electron chi connectivity index (χ0n) is 15.7. The minimum Gasteiger partial charge on any atom is -0.454 e. The van der Waals surface area contributed by atoms with Gasteiger partial charge in [-0.25, -0.2) is 0 Å². The van der Waals surface area contributed by atoms with E-state index in [9.17, 15) is 9.59 Å². The highest BCUT2D eigenvalue weighted by molar-refractivity contribution is 8.00. The molecule has 4 rings (SSSR count). The summed E-state index contributed by atoms with van der Waals surface area (Å²) in [5.74, 6) is 1.18. The molecule has 2 amide bonds. The Morgan fingerprint density at radius 2 is 1.67 bits per heavy atom. The van der Waals surface area contributed by atoms with E-state index in [1.54, 1.807) is 54.6 Å². The molecule has 0 radical (unpaired) electrons. The molecule has 3 aromatic carbocycles. The third-order valence-electron chi connectivity index (χ3n) is 4.23. The molecule has 0 unspecified atom stereocenters. The first-order valence-corrected chi connectivity index (χ1v) is 10.4. The Kier molecular flexibility index (Phi) is 6.11. The fraction of sp³-hybridized carbons (Fsp3) is 0.0909. The minimum absolute atomic E-state index is 0.128. The normalized spacial score (nSPS) is 11.8. The van der Waals surface area contributed by atoms with Crippen LogP contribution in [0.1, 0.15) is 10.4 Å². The monoisotopic (exact) mass is 440 g/mol. The molecule has 0 atom stereocenters. The average Bonchev–Trinajstić information content (AvgIpc) is 3.21. The van der Waals surface area contributed by atoms with Gasteiger partial charge in [-0.2, -0.15) is 0 Å². The van der Waals surface area contributed by atoms with Gasteiger partial charge in [-0.1, -0.05) is 17.7 Å². The molecule has 1 aliphatic heterocycles. The largest absolute Gasteiger partial charge is 0.454 e. The Labute approximate surface area is 182 Å². The summed E-state index contributed by atoms with van der Waals surface area (Å²) in [7, 11) is 0. The number of hydrogen-bond acceptors (Lipinski definition) is 5. The lowest BCUT2D eigenvalue weighted by Gasteiger charge is -2.08. The highest BCUT2D eigenvalue weighted by atomic mass is 35.5. The van der Waals surface area contributed by atoms with E-state index in [0.717, 1.165) is 4.90 Å². The quantitative estimate of drug-likeness (QED) is 0.524. The molecule has 6 nitrogen and oxygen atoms in total. The lowest BCUT2D eigenvalue weighted by molar-refractivity contribution is -0.113. The van der Waals surface area contributed by atoms with Gasteiger partial charge in [0, 0.05) is 32.9 Å². The Morgan fingerprint density at radius 1 is 0.900 bits per heavy atom. The second kappa shape index (κ2) is 9.11. The summed E-state index contributed by atoms with van der Waals surface area (Å²) < 4.78 is 10.6. The number of carbonyl (C=O) groups is 2. The smallest absolute Gasteiger partial charge is 0.255 e. The third kappa shape index (κ3) is 5.06. The van der Waals surface area contributed by atoms with Crippen molar-refractivity contribution in [1.29, 1.82) is 0 Å². The van der Waals surface area contributed by atoms with Crippen LogP contribution in [0.2, 0.25) is 5.02 Å². The summed E-state index contributed by atoms with van der Waals surface area (Å²) in [5, 5.41) is 6.17. The van der Waals surface area contributed by atoms with E-state index < -0.39 is 0 Å². The lowest BCUT2D eigenvalue weighted by Crippen LogP contribution is -2.14. The van der Waals surface area contributed by atoms with Gasteiger partial charge >= 0.3 is 0 Å². The zero-order valence-corrected chi connectivity index (χ0v) is 17.3. The highest BCUT2D eigenvalue weighted by Gasteiger charge is 2.14. The molecule has 1 aliphatic rings. The Bertz CT molecular complexity index is 1090. The number of benzene rings is 3. The molecule has 2 N–H and O–H groups in total. The van der Waals surface area contributed by atoms with Gasteiger partial charge in [-0.3, -0.25) is 9.59 Å². The molecule has 0 fully saturated rings. The SMILES string of the molecule is O=C(CSc1ccc(NC(=O)c2cccc(Cl)c2)cc1)Nc1ccc2c(c1)OCO2. The van der Waals surface area contributed by atoms with Crippen molar-refractivity contribution in [1.82, 2.24) is 0 Å². The number of thioether (sulfide) groups is 1. The van der Waals surface area contributed by atoms with Crippen molar-refractivity contribution in [2.24, 2.45) is 0 Å². The van der Waals surface area contributed by atoms with Gasteiger partial charge in [0.05, 0.1) is 5.75 Å². The fourth-order valence-electron chi connectivity index (χ4n) is 2.79. The second-order valence-electron chi connectivity index (χ2n) is 6.39. The topological polar surface area (TPSA) is 76.7 Å². The van der Waals surface area contributed by atoms with Crippen molar-refractivity contribution < 1.29 is 19.1 Å². The van der Waals surface area contributed by atoms with Gasteiger partial charge in [0.25, 0.3) is 5.91 Å². The van der Waals surface area contributed by atoms with Crippen LogP contribution in [-0.4, -0.2) is 24.4 Å². The maximum absolute atomic E-state index is 12.3. The highest BCUT2D eigenvalue weighted by Crippen LogP contribution is 2.34. The van der Waals surface area contributed by atoms with E-state index >= 15 is 0 Å². The average molecular weight is 441 g/mol. The number of rotatable bonds is 6. The molecule has 152 valence electrons. The predicted octanol–water partition coefficient (Wildman–Crippen LogP) is 5.05. The molecule has 0 saturated carbocycles. The molecule has 0 spiro atoms. The van der Waals surface area contributed by atoms with Gasteiger partial charge in [0.1, 0.15) is 0 Å². The van der Waals surface area contributed by atoms with Crippen molar-refractivity contribution in [3.63, 3.8) is 0 Å². The summed E-state index contributed by atoms with van der Waals surface area (Å²) in [4.78, 5) is 25.4. The van der Waals surface area contributed by atoms with Crippen LogP contribution in [0, 0.1) is 0 Å². The summed E-state index contributed by atoms with van der Waals surface area (Å²) in [6.07, 6.45) is 0. The first kappa shape index (κ1) is 20.1. The number of anilines is 2. The number of ether oxygens (including phenoxy) is 2. The van der Waals surface area contributed by atoms with Crippen molar-refractivity contribution in [2.45, 2.75) is 4.90 Å². The number of fused-ring (bicyclic) bond motifs is 1. The van der Waals surface area contributed by atoms with Crippen molar-refractivity contribution in [2.75, 3.05) is 23.2 Å². The van der Waals surface area contributed by atoms with Crippen LogP contribution in [0.25, 0.3) is 0 Å². The molecule has 0 bridgehead atoms. The number of halogens is 1. The number of carbonyl (C=O) groups excluding carboxylic acids is 2. The Hall–Kier alpha value is -3.16. The van der Waals surface area contributed by atoms with Gasteiger partial charge in [-0.05, 0) is 54.6 Å². The maximum Gasteiger partial charge on any atom is 0.255 e. The second-order valence-corrected chi connectivity index (χ2v) is 7.88. The predicted molar refractivity (Wildman–Crippen MR) is 118 cm³/mol. The lowest BCUT2D eigenvalue weighted by atomic mass is 10.2. The van der Waals surface area contributed by atoms with Gasteiger partial charge in [0.15, 0.2) is 11.5 Å². The van der Waals surface area contributed by atoms with E-state index in [0.29, 0.717) is 33.5 Å². The van der Waals surface area contributed by atoms with E-state index in [-0.39, 0.29) is 24.4 Å². The third-order valence-corrected chi connectivity index (χ3v) is 5.47. The first-order valence-electron chi connectivity index (χ1n) is 9.06. The molecule has 30 heavy (non-hydrogen) atoms.